The molecule has 0 spiro atoms. The van der Waals surface area contributed by atoms with Gasteiger partial charge in [0, 0.05) is 11.6 Å². The first-order valence-electron chi connectivity index (χ1n) is 7.36. The Morgan fingerprint density at radius 3 is 2.52 bits per heavy atom. The van der Waals surface area contributed by atoms with Crippen molar-refractivity contribution < 1.29 is 14.3 Å². The van der Waals surface area contributed by atoms with Gasteiger partial charge in [-0.05, 0) is 43.7 Å². The van der Waals surface area contributed by atoms with E-state index in [0.29, 0.717) is 30.8 Å². The van der Waals surface area contributed by atoms with E-state index in [9.17, 15) is 9.59 Å². The van der Waals surface area contributed by atoms with E-state index in [1.165, 1.54) is 0 Å². The zero-order chi connectivity index (χ0) is 15.7. The summed E-state index contributed by atoms with van der Waals surface area (Å²) in [6, 6.07) is 6.70. The molecule has 0 aromatic heterocycles. The Labute approximate surface area is 125 Å². The maximum Gasteiger partial charge on any atom is 0.338 e. The molecule has 116 valence electrons. The Hall–Kier alpha value is -1.88. The van der Waals surface area contributed by atoms with Crippen LogP contribution in [-0.4, -0.2) is 25.0 Å². The fraction of sp³-hybridized carbons (Fsp3) is 0.500. The number of unbranched alkanes of at least 4 members (excludes halogenated alkanes) is 1. The van der Waals surface area contributed by atoms with Crippen LogP contribution in [0.2, 0.25) is 0 Å². The number of carbonyl (C=O) groups is 2. The summed E-state index contributed by atoms with van der Waals surface area (Å²) >= 11 is 0. The van der Waals surface area contributed by atoms with Crippen LogP contribution >= 0.6 is 0 Å². The Kier molecular flexibility index (Phi) is 7.46. The van der Waals surface area contributed by atoms with Crippen molar-refractivity contribution in [3.05, 3.63) is 29.8 Å². The van der Waals surface area contributed by atoms with Crippen molar-refractivity contribution in [1.82, 2.24) is 0 Å². The average molecular weight is 292 g/mol. The zero-order valence-electron chi connectivity index (χ0n) is 12.7. The van der Waals surface area contributed by atoms with Crippen LogP contribution in [0.5, 0.6) is 0 Å². The molecule has 5 heteroatoms. The van der Waals surface area contributed by atoms with Gasteiger partial charge in [-0.2, -0.15) is 0 Å². The van der Waals surface area contributed by atoms with E-state index in [4.69, 9.17) is 10.5 Å². The number of benzene rings is 1. The summed E-state index contributed by atoms with van der Waals surface area (Å²) < 4.78 is 5.12. The number of nitrogens with two attached hydrogens (primary N) is 1. The van der Waals surface area contributed by atoms with Crippen molar-refractivity contribution in [2.75, 3.05) is 18.5 Å². The number of amides is 1. The van der Waals surface area contributed by atoms with E-state index in [0.717, 1.165) is 12.8 Å². The first-order chi connectivity index (χ1) is 10.1. The van der Waals surface area contributed by atoms with Gasteiger partial charge >= 0.3 is 5.97 Å². The molecular weight excluding hydrogens is 268 g/mol. The number of anilines is 1. The molecule has 0 aliphatic carbocycles. The number of carbonyl (C=O) groups excluding carboxylic acids is 2. The first kappa shape index (κ1) is 17.2. The van der Waals surface area contributed by atoms with Crippen molar-refractivity contribution >= 4 is 17.6 Å². The van der Waals surface area contributed by atoms with Gasteiger partial charge in [0.25, 0.3) is 0 Å². The van der Waals surface area contributed by atoms with E-state index in [1.54, 1.807) is 24.3 Å². The molecule has 1 unspecified atom stereocenters. The molecule has 0 heterocycles. The number of hydrogen-bond acceptors (Lipinski definition) is 4. The maximum atomic E-state index is 11.8. The van der Waals surface area contributed by atoms with Crippen LogP contribution in [0, 0.1) is 5.92 Å². The van der Waals surface area contributed by atoms with E-state index < -0.39 is 0 Å². The molecule has 1 aromatic rings. The lowest BCUT2D eigenvalue weighted by Crippen LogP contribution is -2.22. The number of nitrogens with one attached hydrogen (secondary N) is 1. The SMILES string of the molecule is CCCCOC(=O)c1ccc(NC(=O)C(C)CCN)cc1. The van der Waals surface area contributed by atoms with Crippen LogP contribution in [0.1, 0.15) is 43.5 Å². The fourth-order valence-corrected chi connectivity index (χ4v) is 1.73. The second kappa shape index (κ2) is 9.13. The summed E-state index contributed by atoms with van der Waals surface area (Å²) in [4.78, 5) is 23.6. The molecule has 0 bridgehead atoms. The van der Waals surface area contributed by atoms with Gasteiger partial charge in [0.2, 0.25) is 5.91 Å². The molecule has 21 heavy (non-hydrogen) atoms. The first-order valence-corrected chi connectivity index (χ1v) is 7.36. The fourth-order valence-electron chi connectivity index (χ4n) is 1.73. The van der Waals surface area contributed by atoms with Crippen LogP contribution in [0.3, 0.4) is 0 Å². The smallest absolute Gasteiger partial charge is 0.338 e. The number of rotatable bonds is 8. The van der Waals surface area contributed by atoms with Crippen LogP contribution < -0.4 is 11.1 Å². The zero-order valence-corrected chi connectivity index (χ0v) is 12.7. The highest BCUT2D eigenvalue weighted by Crippen LogP contribution is 2.13. The largest absolute Gasteiger partial charge is 0.462 e. The van der Waals surface area contributed by atoms with Gasteiger partial charge in [0.1, 0.15) is 0 Å². The third kappa shape index (κ3) is 5.95. The van der Waals surface area contributed by atoms with Crippen molar-refractivity contribution in [3.8, 4) is 0 Å². The summed E-state index contributed by atoms with van der Waals surface area (Å²) in [6.07, 6.45) is 2.49. The summed E-state index contributed by atoms with van der Waals surface area (Å²) in [5, 5.41) is 2.80. The van der Waals surface area contributed by atoms with Crippen molar-refractivity contribution in [2.45, 2.75) is 33.1 Å². The quantitative estimate of drug-likeness (QED) is 0.570. The number of esters is 1. The molecule has 0 aliphatic heterocycles. The molecule has 0 saturated carbocycles. The summed E-state index contributed by atoms with van der Waals surface area (Å²) in [5.74, 6) is -0.537. The Morgan fingerprint density at radius 1 is 1.29 bits per heavy atom. The Morgan fingerprint density at radius 2 is 1.95 bits per heavy atom. The second-order valence-corrected chi connectivity index (χ2v) is 5.03. The van der Waals surface area contributed by atoms with Crippen molar-refractivity contribution in [2.24, 2.45) is 11.7 Å². The minimum absolute atomic E-state index is 0.0706. The van der Waals surface area contributed by atoms with E-state index in [1.807, 2.05) is 13.8 Å². The lowest BCUT2D eigenvalue weighted by molar-refractivity contribution is -0.119. The summed E-state index contributed by atoms with van der Waals surface area (Å²) in [7, 11) is 0. The molecule has 1 rings (SSSR count). The molecule has 3 N–H and O–H groups in total. The lowest BCUT2D eigenvalue weighted by Gasteiger charge is -2.11. The standard InChI is InChI=1S/C16H24N2O3/c1-3-4-11-21-16(20)13-5-7-14(8-6-13)18-15(19)12(2)9-10-17/h5-8,12H,3-4,9-11,17H2,1-2H3,(H,18,19). The van der Waals surface area contributed by atoms with Crippen LogP contribution in [-0.2, 0) is 9.53 Å². The van der Waals surface area contributed by atoms with Crippen molar-refractivity contribution in [3.63, 3.8) is 0 Å². The van der Waals surface area contributed by atoms with E-state index >= 15 is 0 Å². The van der Waals surface area contributed by atoms with Gasteiger partial charge < -0.3 is 15.8 Å². The Balaban J connectivity index is 2.53. The van der Waals surface area contributed by atoms with E-state index in [2.05, 4.69) is 5.32 Å². The predicted octanol–water partition coefficient (Wildman–Crippen LogP) is 2.57. The van der Waals surface area contributed by atoms with Gasteiger partial charge in [0.05, 0.1) is 12.2 Å². The predicted molar refractivity (Wildman–Crippen MR) is 83.1 cm³/mol. The second-order valence-electron chi connectivity index (χ2n) is 5.03. The molecule has 1 atom stereocenters. The van der Waals surface area contributed by atoms with Gasteiger partial charge in [0.15, 0.2) is 0 Å². The molecule has 1 amide bonds. The lowest BCUT2D eigenvalue weighted by atomic mass is 10.1. The minimum atomic E-state index is -0.335. The highest BCUT2D eigenvalue weighted by molar-refractivity contribution is 5.94. The van der Waals surface area contributed by atoms with Gasteiger partial charge in [-0.1, -0.05) is 20.3 Å². The van der Waals surface area contributed by atoms with Crippen LogP contribution in [0.4, 0.5) is 5.69 Å². The van der Waals surface area contributed by atoms with Crippen molar-refractivity contribution in [1.29, 1.82) is 0 Å². The Bertz CT molecular complexity index is 457. The van der Waals surface area contributed by atoms with Crippen LogP contribution in [0.15, 0.2) is 24.3 Å². The van der Waals surface area contributed by atoms with E-state index in [-0.39, 0.29) is 17.8 Å². The highest BCUT2D eigenvalue weighted by Gasteiger charge is 2.12. The maximum absolute atomic E-state index is 11.8. The molecule has 0 fully saturated rings. The summed E-state index contributed by atoms with van der Waals surface area (Å²) in [6.45, 7) is 4.79. The van der Waals surface area contributed by atoms with Crippen LogP contribution in [0.25, 0.3) is 0 Å². The summed E-state index contributed by atoms with van der Waals surface area (Å²) in [5.41, 5.74) is 6.58. The monoisotopic (exact) mass is 292 g/mol. The van der Waals surface area contributed by atoms with Gasteiger partial charge in [-0.15, -0.1) is 0 Å². The minimum Gasteiger partial charge on any atom is -0.462 e. The molecule has 0 radical (unpaired) electrons. The molecule has 0 aliphatic rings. The highest BCUT2D eigenvalue weighted by atomic mass is 16.5. The molecule has 5 nitrogen and oxygen atoms in total. The average Bonchev–Trinajstić information content (AvgIpc) is 2.48. The van der Waals surface area contributed by atoms with Gasteiger partial charge in [-0.3, -0.25) is 4.79 Å². The molecule has 1 aromatic carbocycles. The number of ether oxygens (including phenoxy) is 1. The molecule has 0 saturated heterocycles. The third-order valence-electron chi connectivity index (χ3n) is 3.17. The topological polar surface area (TPSA) is 81.4 Å². The van der Waals surface area contributed by atoms with Gasteiger partial charge in [-0.25, -0.2) is 4.79 Å². The molecular formula is C16H24N2O3. The number of hydrogen-bond donors (Lipinski definition) is 2. The third-order valence-corrected chi connectivity index (χ3v) is 3.17. The normalized spacial score (nSPS) is 11.8.